The minimum Gasteiger partial charge on any atom is -0.454 e. The highest BCUT2D eigenvalue weighted by molar-refractivity contribution is 5.89. The molecule has 2 aromatic carbocycles. The zero-order chi connectivity index (χ0) is 22.5. The predicted octanol–water partition coefficient (Wildman–Crippen LogP) is 3.63. The molecule has 2 N–H and O–H groups in total. The second kappa shape index (κ2) is 9.74. The lowest BCUT2D eigenvalue weighted by molar-refractivity contribution is 0.174. The van der Waals surface area contributed by atoms with Crippen molar-refractivity contribution in [3.8, 4) is 11.5 Å². The Morgan fingerprint density at radius 1 is 1.03 bits per heavy atom. The van der Waals surface area contributed by atoms with Crippen molar-refractivity contribution in [2.45, 2.75) is 20.4 Å². The van der Waals surface area contributed by atoms with Crippen LogP contribution in [0.15, 0.2) is 53.3 Å². The number of rotatable bonds is 8. The number of carbonyl (C=O) groups is 1. The van der Waals surface area contributed by atoms with Gasteiger partial charge in [-0.2, -0.15) is 0 Å². The van der Waals surface area contributed by atoms with Crippen molar-refractivity contribution in [1.82, 2.24) is 14.8 Å². The molecule has 0 aliphatic carbocycles. The van der Waals surface area contributed by atoms with Crippen LogP contribution in [-0.4, -0.2) is 53.8 Å². The Labute approximate surface area is 186 Å². The number of hydrogen-bond acceptors (Lipinski definition) is 5. The van der Waals surface area contributed by atoms with Crippen LogP contribution >= 0.6 is 0 Å². The lowest BCUT2D eigenvalue weighted by atomic mass is 10.1. The normalized spacial score (nSPS) is 12.3. The molecular weight excluding hydrogens is 408 g/mol. The largest absolute Gasteiger partial charge is 0.454 e. The fraction of sp³-hybridized carbons (Fsp3) is 0.333. The van der Waals surface area contributed by atoms with Gasteiger partial charge >= 0.3 is 6.03 Å². The van der Waals surface area contributed by atoms with Gasteiger partial charge in [-0.05, 0) is 37.4 Å². The number of carbonyl (C=O) groups excluding carboxylic acids is 1. The summed E-state index contributed by atoms with van der Waals surface area (Å²) >= 11 is 0. The number of para-hydroxylation sites is 1. The molecule has 8 heteroatoms. The van der Waals surface area contributed by atoms with Crippen molar-refractivity contribution in [1.29, 1.82) is 0 Å². The Kier molecular flexibility index (Phi) is 6.61. The minimum absolute atomic E-state index is 0.168. The third kappa shape index (κ3) is 4.86. The summed E-state index contributed by atoms with van der Waals surface area (Å²) in [5, 5.41) is 3.76. The number of fused-ring (bicyclic) bond motifs is 2. The van der Waals surface area contributed by atoms with Gasteiger partial charge in [0, 0.05) is 35.8 Å². The Bertz CT molecular complexity index is 1140. The summed E-state index contributed by atoms with van der Waals surface area (Å²) in [6, 6.07) is 14.5. The first kappa shape index (κ1) is 21.7. The molecule has 1 aliphatic rings. The van der Waals surface area contributed by atoms with E-state index in [1.165, 1.54) is 0 Å². The highest BCUT2D eigenvalue weighted by Gasteiger charge is 2.19. The summed E-state index contributed by atoms with van der Waals surface area (Å²) in [5.41, 5.74) is 1.67. The smallest absolute Gasteiger partial charge is 0.322 e. The van der Waals surface area contributed by atoms with E-state index in [0.717, 1.165) is 25.0 Å². The average molecular weight is 437 g/mol. The van der Waals surface area contributed by atoms with E-state index in [9.17, 15) is 9.59 Å². The zero-order valence-electron chi connectivity index (χ0n) is 18.4. The molecule has 0 atom stereocenters. The number of ether oxygens (including phenoxy) is 2. The van der Waals surface area contributed by atoms with Gasteiger partial charge in [-0.3, -0.25) is 4.79 Å². The number of pyridine rings is 1. The molecule has 1 aromatic heterocycles. The number of aromatic nitrogens is 1. The van der Waals surface area contributed by atoms with Crippen molar-refractivity contribution in [3.63, 3.8) is 0 Å². The maximum Gasteiger partial charge on any atom is 0.322 e. The second-order valence-electron chi connectivity index (χ2n) is 7.66. The number of aromatic amines is 1. The molecule has 0 spiro atoms. The number of likely N-dealkylation sites (N-methyl/N-ethyl adjacent to an activating group) is 1. The molecule has 0 unspecified atom stereocenters. The van der Waals surface area contributed by atoms with Crippen LogP contribution < -0.4 is 20.3 Å². The number of anilines is 1. The molecule has 0 radical (unpaired) electrons. The zero-order valence-corrected chi connectivity index (χ0v) is 18.4. The maximum atomic E-state index is 13.1. The Hall–Kier alpha value is -3.52. The highest BCUT2D eigenvalue weighted by Crippen LogP contribution is 2.35. The quantitative estimate of drug-likeness (QED) is 0.563. The fourth-order valence-corrected chi connectivity index (χ4v) is 3.74. The first-order valence-electron chi connectivity index (χ1n) is 10.9. The first-order chi connectivity index (χ1) is 15.6. The predicted molar refractivity (Wildman–Crippen MR) is 124 cm³/mol. The average Bonchev–Trinajstić information content (AvgIpc) is 3.25. The molecule has 2 heterocycles. The van der Waals surface area contributed by atoms with E-state index < -0.39 is 0 Å². The lowest BCUT2D eigenvalue weighted by Gasteiger charge is -2.26. The van der Waals surface area contributed by atoms with Gasteiger partial charge in [0.1, 0.15) is 0 Å². The van der Waals surface area contributed by atoms with Gasteiger partial charge in [-0.25, -0.2) is 4.79 Å². The van der Waals surface area contributed by atoms with E-state index in [1.54, 1.807) is 11.0 Å². The van der Waals surface area contributed by atoms with E-state index in [1.807, 2.05) is 42.5 Å². The van der Waals surface area contributed by atoms with E-state index in [2.05, 4.69) is 29.0 Å². The molecule has 3 aromatic rings. The third-order valence-electron chi connectivity index (χ3n) is 5.67. The number of benzene rings is 2. The van der Waals surface area contributed by atoms with Crippen molar-refractivity contribution in [3.05, 3.63) is 64.4 Å². The number of amides is 2. The van der Waals surface area contributed by atoms with Crippen LogP contribution in [0.1, 0.15) is 19.4 Å². The number of nitrogens with one attached hydrogen (secondary N) is 2. The van der Waals surface area contributed by atoms with Crippen LogP contribution in [0.4, 0.5) is 10.5 Å². The molecule has 32 heavy (non-hydrogen) atoms. The summed E-state index contributed by atoms with van der Waals surface area (Å²) in [6.45, 7) is 7.56. The number of nitrogens with zero attached hydrogens (tertiary/aromatic N) is 2. The van der Waals surface area contributed by atoms with Gasteiger partial charge in [0.05, 0.1) is 12.1 Å². The monoisotopic (exact) mass is 436 g/mol. The molecule has 168 valence electrons. The summed E-state index contributed by atoms with van der Waals surface area (Å²) in [4.78, 5) is 32.7. The maximum absolute atomic E-state index is 13.1. The van der Waals surface area contributed by atoms with Crippen LogP contribution in [0.5, 0.6) is 11.5 Å². The van der Waals surface area contributed by atoms with E-state index in [0.29, 0.717) is 34.8 Å². The van der Waals surface area contributed by atoms with E-state index in [-0.39, 0.29) is 24.9 Å². The van der Waals surface area contributed by atoms with Crippen molar-refractivity contribution < 1.29 is 14.3 Å². The Morgan fingerprint density at radius 3 is 2.47 bits per heavy atom. The Morgan fingerprint density at radius 2 is 1.75 bits per heavy atom. The summed E-state index contributed by atoms with van der Waals surface area (Å²) in [6.07, 6.45) is 0. The highest BCUT2D eigenvalue weighted by atomic mass is 16.7. The van der Waals surface area contributed by atoms with Gasteiger partial charge in [0.15, 0.2) is 11.5 Å². The van der Waals surface area contributed by atoms with Crippen molar-refractivity contribution in [2.75, 3.05) is 38.3 Å². The van der Waals surface area contributed by atoms with Crippen LogP contribution in [0, 0.1) is 0 Å². The molecule has 0 saturated heterocycles. The molecule has 8 nitrogen and oxygen atoms in total. The molecule has 0 saturated carbocycles. The summed E-state index contributed by atoms with van der Waals surface area (Å²) in [7, 11) is 0. The van der Waals surface area contributed by atoms with Gasteiger partial charge in [0.2, 0.25) is 6.79 Å². The first-order valence-corrected chi connectivity index (χ1v) is 10.9. The van der Waals surface area contributed by atoms with Crippen LogP contribution in [0.25, 0.3) is 10.9 Å². The van der Waals surface area contributed by atoms with Crippen LogP contribution in [0.2, 0.25) is 0 Å². The molecular formula is C24H28N4O4. The van der Waals surface area contributed by atoms with Gasteiger partial charge in [-0.1, -0.05) is 32.0 Å². The molecule has 2 amide bonds. The summed E-state index contributed by atoms with van der Waals surface area (Å²) < 4.78 is 10.9. The Balaban J connectivity index is 1.59. The minimum atomic E-state index is -0.242. The van der Waals surface area contributed by atoms with Gasteiger partial charge in [0.25, 0.3) is 5.56 Å². The van der Waals surface area contributed by atoms with Gasteiger partial charge in [-0.15, -0.1) is 0 Å². The molecule has 4 rings (SSSR count). The van der Waals surface area contributed by atoms with Crippen molar-refractivity contribution in [2.24, 2.45) is 0 Å². The fourth-order valence-electron chi connectivity index (χ4n) is 3.74. The van der Waals surface area contributed by atoms with Crippen LogP contribution in [-0.2, 0) is 6.54 Å². The van der Waals surface area contributed by atoms with E-state index in [4.69, 9.17) is 9.47 Å². The SMILES string of the molecule is CCN(CC)CCN(Cc1cc2cc3c(cc2[nH]c1=O)OCO3)C(=O)Nc1ccccc1. The third-order valence-corrected chi connectivity index (χ3v) is 5.67. The number of hydrogen-bond donors (Lipinski definition) is 2. The second-order valence-corrected chi connectivity index (χ2v) is 7.66. The molecule has 1 aliphatic heterocycles. The van der Waals surface area contributed by atoms with Gasteiger partial charge < -0.3 is 29.6 Å². The topological polar surface area (TPSA) is 86.9 Å². The van der Waals surface area contributed by atoms with Crippen LogP contribution in [0.3, 0.4) is 0 Å². The standard InChI is InChI=1S/C24H28N4O4/c1-3-27(4-2)10-11-28(24(30)25-19-8-6-5-7-9-19)15-18-12-17-13-21-22(32-16-31-21)14-20(17)26-23(18)29/h5-9,12-14H,3-4,10-11,15-16H2,1-2H3,(H,25,30)(H,26,29). The summed E-state index contributed by atoms with van der Waals surface area (Å²) in [5.74, 6) is 1.26. The number of H-pyrrole nitrogens is 1. The molecule has 0 bridgehead atoms. The lowest BCUT2D eigenvalue weighted by Crippen LogP contribution is -2.41. The van der Waals surface area contributed by atoms with Crippen molar-refractivity contribution >= 4 is 22.6 Å². The number of urea groups is 1. The van der Waals surface area contributed by atoms with E-state index >= 15 is 0 Å². The molecule has 0 fully saturated rings.